The Bertz CT molecular complexity index is 770. The number of amides is 2. The number of esters is 1. The minimum absolute atomic E-state index is 0.198. The van der Waals surface area contributed by atoms with Crippen molar-refractivity contribution >= 4 is 44.5 Å². The average molecular weight is 391 g/mol. The lowest BCUT2D eigenvalue weighted by atomic mass is 10.1. The molecule has 1 aromatic heterocycles. The van der Waals surface area contributed by atoms with Gasteiger partial charge in [-0.15, -0.1) is 0 Å². The van der Waals surface area contributed by atoms with Gasteiger partial charge in [-0.1, -0.05) is 37.3 Å². The van der Waals surface area contributed by atoms with Gasteiger partial charge in [-0.05, 0) is 31.4 Å². The van der Waals surface area contributed by atoms with Crippen LogP contribution in [0.25, 0.3) is 10.2 Å². The Morgan fingerprint density at radius 2 is 2.00 bits per heavy atom. The predicted octanol–water partition coefficient (Wildman–Crippen LogP) is 2.74. The van der Waals surface area contributed by atoms with Crippen LogP contribution in [0.4, 0.5) is 5.13 Å². The molecule has 0 atom stereocenters. The summed E-state index contributed by atoms with van der Waals surface area (Å²) >= 11 is 1.41. The predicted molar refractivity (Wildman–Crippen MR) is 106 cm³/mol. The van der Waals surface area contributed by atoms with Gasteiger partial charge in [-0.3, -0.25) is 19.3 Å². The maximum absolute atomic E-state index is 12.4. The van der Waals surface area contributed by atoms with E-state index in [1.54, 1.807) is 0 Å². The molecule has 0 aliphatic heterocycles. The van der Waals surface area contributed by atoms with Gasteiger partial charge < -0.3 is 10.1 Å². The number of aromatic nitrogens is 1. The molecule has 2 rings (SSSR count). The highest BCUT2D eigenvalue weighted by Crippen LogP contribution is 2.28. The molecule has 0 fully saturated rings. The van der Waals surface area contributed by atoms with Crippen LogP contribution in [0.2, 0.25) is 0 Å². The van der Waals surface area contributed by atoms with Crippen LogP contribution in [0.3, 0.4) is 0 Å². The summed E-state index contributed by atoms with van der Waals surface area (Å²) in [6, 6.07) is 7.63. The lowest BCUT2D eigenvalue weighted by Crippen LogP contribution is -2.36. The van der Waals surface area contributed by atoms with E-state index in [2.05, 4.69) is 10.3 Å². The van der Waals surface area contributed by atoms with Gasteiger partial charge in [0.1, 0.15) is 6.54 Å². The number of benzene rings is 1. The molecule has 1 heterocycles. The fraction of sp³-hybridized carbons (Fsp3) is 0.474. The molecule has 0 radical (unpaired) electrons. The van der Waals surface area contributed by atoms with Crippen molar-refractivity contribution in [2.45, 2.75) is 33.6 Å². The number of hydrogen-bond acceptors (Lipinski definition) is 6. The molecule has 1 N–H and O–H groups in total. The number of thiazole rings is 1. The molecule has 8 heteroatoms. The van der Waals surface area contributed by atoms with Crippen molar-refractivity contribution in [3.8, 4) is 0 Å². The van der Waals surface area contributed by atoms with Crippen molar-refractivity contribution in [2.75, 3.05) is 24.6 Å². The number of fused-ring (bicyclic) bond motifs is 1. The Labute approximate surface area is 162 Å². The first-order valence-corrected chi connectivity index (χ1v) is 9.80. The first-order valence-electron chi connectivity index (χ1n) is 8.99. The van der Waals surface area contributed by atoms with Gasteiger partial charge in [-0.25, -0.2) is 4.98 Å². The van der Waals surface area contributed by atoms with E-state index < -0.39 is 5.97 Å². The van der Waals surface area contributed by atoms with Gasteiger partial charge in [0.05, 0.1) is 10.2 Å². The number of nitrogens with one attached hydrogen (secondary N) is 1. The number of para-hydroxylation sites is 1. The summed E-state index contributed by atoms with van der Waals surface area (Å²) < 4.78 is 5.98. The summed E-state index contributed by atoms with van der Waals surface area (Å²) in [5, 5.41) is 3.08. The largest absolute Gasteiger partial charge is 0.454 e. The Hall–Kier alpha value is -2.48. The first-order chi connectivity index (χ1) is 12.9. The van der Waals surface area contributed by atoms with E-state index >= 15 is 0 Å². The van der Waals surface area contributed by atoms with Crippen LogP contribution in [-0.2, 0) is 19.1 Å². The van der Waals surface area contributed by atoms with E-state index in [1.807, 2.05) is 45.0 Å². The van der Waals surface area contributed by atoms with Gasteiger partial charge in [0.25, 0.3) is 5.91 Å². The van der Waals surface area contributed by atoms with Crippen molar-refractivity contribution < 1.29 is 19.1 Å². The zero-order valence-corrected chi connectivity index (χ0v) is 16.7. The van der Waals surface area contributed by atoms with Gasteiger partial charge >= 0.3 is 5.97 Å². The highest BCUT2D eigenvalue weighted by Gasteiger charge is 2.19. The van der Waals surface area contributed by atoms with Crippen molar-refractivity contribution in [3.63, 3.8) is 0 Å². The SMILES string of the molecule is CCN(C(=O)COC(=O)CNC(=O)CCC(C)C)c1nc2ccccc2s1. The second kappa shape index (κ2) is 10.0. The summed E-state index contributed by atoms with van der Waals surface area (Å²) in [6.07, 6.45) is 1.12. The van der Waals surface area contributed by atoms with E-state index in [9.17, 15) is 14.4 Å². The standard InChI is InChI=1S/C19H25N3O4S/c1-4-22(19-21-14-7-5-6-8-15(14)27-19)17(24)12-26-18(25)11-20-16(23)10-9-13(2)3/h5-8,13H,4,9-12H2,1-3H3,(H,20,23). The molecule has 1 aromatic carbocycles. The minimum Gasteiger partial charge on any atom is -0.454 e. The first kappa shape index (κ1) is 20.8. The number of ether oxygens (including phenoxy) is 1. The quantitative estimate of drug-likeness (QED) is 0.664. The van der Waals surface area contributed by atoms with Gasteiger partial charge in [0, 0.05) is 13.0 Å². The van der Waals surface area contributed by atoms with Crippen LogP contribution in [0.5, 0.6) is 0 Å². The molecule has 0 aliphatic rings. The minimum atomic E-state index is -0.637. The maximum atomic E-state index is 12.4. The summed E-state index contributed by atoms with van der Waals surface area (Å²) in [4.78, 5) is 41.7. The molecule has 0 unspecified atom stereocenters. The number of carbonyl (C=O) groups excluding carboxylic acids is 3. The van der Waals surface area contributed by atoms with Crippen LogP contribution in [0, 0.1) is 5.92 Å². The van der Waals surface area contributed by atoms with Crippen molar-refractivity contribution in [1.82, 2.24) is 10.3 Å². The molecule has 0 spiro atoms. The molecule has 146 valence electrons. The topological polar surface area (TPSA) is 88.6 Å². The highest BCUT2D eigenvalue weighted by atomic mass is 32.1. The fourth-order valence-corrected chi connectivity index (χ4v) is 3.39. The monoisotopic (exact) mass is 391 g/mol. The molecular weight excluding hydrogens is 366 g/mol. The van der Waals surface area contributed by atoms with Crippen LogP contribution >= 0.6 is 11.3 Å². The smallest absolute Gasteiger partial charge is 0.325 e. The third kappa shape index (κ3) is 6.32. The Balaban J connectivity index is 1.82. The molecule has 2 aromatic rings. The second-order valence-corrected chi connectivity index (χ2v) is 7.48. The molecule has 0 bridgehead atoms. The lowest BCUT2D eigenvalue weighted by molar-refractivity contribution is -0.147. The summed E-state index contributed by atoms with van der Waals surface area (Å²) in [5.41, 5.74) is 0.824. The van der Waals surface area contributed by atoms with Gasteiger partial charge in [0.2, 0.25) is 5.91 Å². The molecule has 2 amide bonds. The van der Waals surface area contributed by atoms with Crippen molar-refractivity contribution in [2.24, 2.45) is 5.92 Å². The molecular formula is C19H25N3O4S. The molecule has 27 heavy (non-hydrogen) atoms. The van der Waals surface area contributed by atoms with Crippen molar-refractivity contribution in [1.29, 1.82) is 0 Å². The number of likely N-dealkylation sites (N-methyl/N-ethyl adjacent to an activating group) is 1. The van der Waals surface area contributed by atoms with Gasteiger partial charge in [-0.2, -0.15) is 0 Å². The number of carbonyl (C=O) groups is 3. The summed E-state index contributed by atoms with van der Waals surface area (Å²) in [5.74, 6) is -0.767. The van der Waals surface area contributed by atoms with Crippen LogP contribution in [0.15, 0.2) is 24.3 Å². The normalized spacial score (nSPS) is 10.8. The van der Waals surface area contributed by atoms with Crippen LogP contribution in [-0.4, -0.2) is 42.5 Å². The number of nitrogens with zero attached hydrogens (tertiary/aromatic N) is 2. The summed E-state index contributed by atoms with van der Waals surface area (Å²) in [6.45, 7) is 5.68. The number of anilines is 1. The summed E-state index contributed by atoms with van der Waals surface area (Å²) in [7, 11) is 0. The third-order valence-electron chi connectivity index (χ3n) is 3.87. The van der Waals surface area contributed by atoms with E-state index in [0.29, 0.717) is 24.0 Å². The Kier molecular flexibility index (Phi) is 7.72. The van der Waals surface area contributed by atoms with E-state index in [-0.39, 0.29) is 25.0 Å². The van der Waals surface area contributed by atoms with Crippen molar-refractivity contribution in [3.05, 3.63) is 24.3 Å². The van der Waals surface area contributed by atoms with Crippen LogP contribution < -0.4 is 10.2 Å². The van der Waals surface area contributed by atoms with Crippen LogP contribution in [0.1, 0.15) is 33.6 Å². The maximum Gasteiger partial charge on any atom is 0.325 e. The molecule has 7 nitrogen and oxygen atoms in total. The number of hydrogen-bond donors (Lipinski definition) is 1. The van der Waals surface area contributed by atoms with Gasteiger partial charge in [0.15, 0.2) is 11.7 Å². The molecule has 0 saturated heterocycles. The van der Waals surface area contributed by atoms with E-state index in [0.717, 1.165) is 16.6 Å². The zero-order valence-electron chi connectivity index (χ0n) is 15.9. The third-order valence-corrected chi connectivity index (χ3v) is 4.93. The average Bonchev–Trinajstić information content (AvgIpc) is 3.07. The Morgan fingerprint density at radius 1 is 1.26 bits per heavy atom. The molecule has 0 aliphatic carbocycles. The lowest BCUT2D eigenvalue weighted by Gasteiger charge is -2.17. The second-order valence-electron chi connectivity index (χ2n) is 6.47. The fourth-order valence-electron chi connectivity index (χ4n) is 2.34. The molecule has 0 saturated carbocycles. The van der Waals surface area contributed by atoms with E-state index in [4.69, 9.17) is 4.74 Å². The number of rotatable bonds is 9. The van der Waals surface area contributed by atoms with E-state index in [1.165, 1.54) is 16.2 Å². The zero-order chi connectivity index (χ0) is 19.8. The Morgan fingerprint density at radius 3 is 2.67 bits per heavy atom. The highest BCUT2D eigenvalue weighted by molar-refractivity contribution is 7.22.